The third-order valence-electron chi connectivity index (χ3n) is 3.03. The van der Waals surface area contributed by atoms with Gasteiger partial charge in [0.2, 0.25) is 0 Å². The quantitative estimate of drug-likeness (QED) is 0.768. The lowest BCUT2D eigenvalue weighted by atomic mass is 10.0. The summed E-state index contributed by atoms with van der Waals surface area (Å²) in [5.74, 6) is -0.944. The Morgan fingerprint density at radius 2 is 2.00 bits per heavy atom. The number of carboxylic acids is 1. The van der Waals surface area contributed by atoms with E-state index in [1.807, 2.05) is 18.2 Å². The van der Waals surface area contributed by atoms with Crippen LogP contribution in [0.25, 0.3) is 10.8 Å². The molecule has 2 aromatic carbocycles. The second-order valence-corrected chi connectivity index (χ2v) is 5.36. The summed E-state index contributed by atoms with van der Waals surface area (Å²) in [6.45, 7) is 0.619. The van der Waals surface area contributed by atoms with Gasteiger partial charge in [-0.1, -0.05) is 53.8 Å². The van der Waals surface area contributed by atoms with Crippen molar-refractivity contribution in [3.8, 4) is 0 Å². The van der Waals surface area contributed by atoms with Crippen molar-refractivity contribution in [3.05, 3.63) is 59.1 Å². The molecule has 0 aliphatic carbocycles. The molecule has 0 atom stereocenters. The summed E-state index contributed by atoms with van der Waals surface area (Å²) in [7, 11) is 0. The number of aromatic carboxylic acids is 1. The third kappa shape index (κ3) is 2.48. The Morgan fingerprint density at radius 1 is 1.20 bits per heavy atom. The normalized spacial score (nSPS) is 10.6. The van der Waals surface area contributed by atoms with Crippen LogP contribution in [0.4, 0.5) is 5.13 Å². The van der Waals surface area contributed by atoms with Gasteiger partial charge < -0.3 is 10.4 Å². The van der Waals surface area contributed by atoms with Crippen molar-refractivity contribution in [1.82, 2.24) is 4.98 Å². The lowest BCUT2D eigenvalue weighted by Crippen LogP contribution is -1.99. The number of nitrogens with zero attached hydrogens (tertiary/aromatic N) is 1. The smallest absolute Gasteiger partial charge is 0.347 e. The second-order valence-electron chi connectivity index (χ2n) is 4.33. The van der Waals surface area contributed by atoms with Crippen LogP contribution in [0.15, 0.2) is 48.7 Å². The van der Waals surface area contributed by atoms with Crippen LogP contribution < -0.4 is 5.32 Å². The molecular weight excluding hydrogens is 272 g/mol. The number of fused-ring (bicyclic) bond motifs is 1. The van der Waals surface area contributed by atoms with Crippen LogP contribution in [-0.2, 0) is 6.54 Å². The molecule has 0 saturated carbocycles. The predicted octanol–water partition coefficient (Wildman–Crippen LogP) is 3.61. The number of carbonyl (C=O) groups is 1. The Bertz CT molecular complexity index is 762. The fourth-order valence-corrected chi connectivity index (χ4v) is 2.72. The molecule has 1 heterocycles. The number of hydrogen-bond acceptors (Lipinski definition) is 4. The lowest BCUT2D eigenvalue weighted by Gasteiger charge is -2.07. The summed E-state index contributed by atoms with van der Waals surface area (Å²) in [5.41, 5.74) is 1.16. The van der Waals surface area contributed by atoms with Gasteiger partial charge in [0, 0.05) is 6.54 Å². The molecule has 4 nitrogen and oxygen atoms in total. The van der Waals surface area contributed by atoms with Crippen molar-refractivity contribution in [2.45, 2.75) is 6.54 Å². The molecule has 0 bridgehead atoms. The van der Waals surface area contributed by atoms with E-state index in [0.717, 1.165) is 16.9 Å². The molecule has 3 rings (SSSR count). The van der Waals surface area contributed by atoms with Crippen molar-refractivity contribution in [2.24, 2.45) is 0 Å². The number of nitrogens with one attached hydrogen (secondary N) is 1. The summed E-state index contributed by atoms with van der Waals surface area (Å²) < 4.78 is 0. The van der Waals surface area contributed by atoms with E-state index in [1.165, 1.54) is 17.0 Å². The Kier molecular flexibility index (Phi) is 3.35. The standard InChI is InChI=1S/C15H12N2O2S/c18-14(19)13-9-17-15(20-13)16-8-11-6-3-5-10-4-1-2-7-12(10)11/h1-7,9H,8H2,(H,16,17)(H,18,19). The highest BCUT2D eigenvalue weighted by Crippen LogP contribution is 2.22. The molecule has 5 heteroatoms. The Labute approximate surface area is 119 Å². The first-order valence-corrected chi connectivity index (χ1v) is 6.95. The van der Waals surface area contributed by atoms with Crippen LogP contribution in [0.5, 0.6) is 0 Å². The molecule has 0 amide bonds. The minimum absolute atomic E-state index is 0.241. The van der Waals surface area contributed by atoms with E-state index < -0.39 is 5.97 Å². The Morgan fingerprint density at radius 3 is 2.80 bits per heavy atom. The fraction of sp³-hybridized carbons (Fsp3) is 0.0667. The first kappa shape index (κ1) is 12.6. The van der Waals surface area contributed by atoms with E-state index in [2.05, 4.69) is 34.6 Å². The van der Waals surface area contributed by atoms with Gasteiger partial charge in [-0.25, -0.2) is 9.78 Å². The molecule has 0 aliphatic heterocycles. The highest BCUT2D eigenvalue weighted by Gasteiger charge is 2.08. The lowest BCUT2D eigenvalue weighted by molar-refractivity contribution is 0.0702. The number of thiazole rings is 1. The number of aromatic nitrogens is 1. The minimum Gasteiger partial charge on any atom is -0.477 e. The average Bonchev–Trinajstić information content (AvgIpc) is 2.94. The van der Waals surface area contributed by atoms with Gasteiger partial charge in [0.15, 0.2) is 5.13 Å². The summed E-state index contributed by atoms with van der Waals surface area (Å²) in [6, 6.07) is 14.3. The third-order valence-corrected chi connectivity index (χ3v) is 3.97. The van der Waals surface area contributed by atoms with Crippen molar-refractivity contribution < 1.29 is 9.90 Å². The van der Waals surface area contributed by atoms with E-state index >= 15 is 0 Å². The Balaban J connectivity index is 1.81. The highest BCUT2D eigenvalue weighted by atomic mass is 32.1. The summed E-state index contributed by atoms with van der Waals surface area (Å²) in [5, 5.41) is 15.0. The molecule has 0 radical (unpaired) electrons. The second kappa shape index (κ2) is 5.30. The van der Waals surface area contributed by atoms with Crippen molar-refractivity contribution in [2.75, 3.05) is 5.32 Å². The van der Waals surface area contributed by atoms with Crippen LogP contribution in [0.1, 0.15) is 15.2 Å². The fourth-order valence-electron chi connectivity index (χ4n) is 2.07. The maximum atomic E-state index is 10.8. The molecular formula is C15H12N2O2S. The zero-order valence-corrected chi connectivity index (χ0v) is 11.4. The van der Waals surface area contributed by atoms with Gasteiger partial charge in [0.25, 0.3) is 0 Å². The van der Waals surface area contributed by atoms with E-state index in [-0.39, 0.29) is 4.88 Å². The number of anilines is 1. The van der Waals surface area contributed by atoms with Crippen LogP contribution in [0, 0.1) is 0 Å². The monoisotopic (exact) mass is 284 g/mol. The molecule has 20 heavy (non-hydrogen) atoms. The van der Waals surface area contributed by atoms with Crippen molar-refractivity contribution >= 4 is 33.2 Å². The molecule has 0 fully saturated rings. The van der Waals surface area contributed by atoms with Gasteiger partial charge in [-0.3, -0.25) is 0 Å². The van der Waals surface area contributed by atoms with Gasteiger partial charge >= 0.3 is 5.97 Å². The van der Waals surface area contributed by atoms with E-state index in [9.17, 15) is 4.79 Å². The number of carboxylic acid groups (broad SMARTS) is 1. The van der Waals surface area contributed by atoms with Gasteiger partial charge in [0.05, 0.1) is 6.20 Å². The highest BCUT2D eigenvalue weighted by molar-refractivity contribution is 7.17. The van der Waals surface area contributed by atoms with Crippen molar-refractivity contribution in [3.63, 3.8) is 0 Å². The topological polar surface area (TPSA) is 62.2 Å². The Hall–Kier alpha value is -2.40. The molecule has 3 aromatic rings. The molecule has 0 unspecified atom stereocenters. The average molecular weight is 284 g/mol. The first-order chi connectivity index (χ1) is 9.74. The molecule has 100 valence electrons. The maximum Gasteiger partial charge on any atom is 0.347 e. The SMILES string of the molecule is O=C(O)c1cnc(NCc2cccc3ccccc23)s1. The summed E-state index contributed by atoms with van der Waals surface area (Å²) in [4.78, 5) is 15.1. The zero-order valence-electron chi connectivity index (χ0n) is 10.5. The van der Waals surface area contributed by atoms with Gasteiger partial charge in [0.1, 0.15) is 4.88 Å². The van der Waals surface area contributed by atoms with E-state index in [0.29, 0.717) is 11.7 Å². The first-order valence-electron chi connectivity index (χ1n) is 6.13. The molecule has 2 N–H and O–H groups in total. The van der Waals surface area contributed by atoms with Gasteiger partial charge in [-0.2, -0.15) is 0 Å². The minimum atomic E-state index is -0.944. The van der Waals surface area contributed by atoms with E-state index in [1.54, 1.807) is 0 Å². The van der Waals surface area contributed by atoms with Gasteiger partial charge in [-0.05, 0) is 16.3 Å². The zero-order chi connectivity index (χ0) is 13.9. The molecule has 1 aromatic heterocycles. The van der Waals surface area contributed by atoms with E-state index in [4.69, 9.17) is 5.11 Å². The van der Waals surface area contributed by atoms with Crippen LogP contribution in [0.2, 0.25) is 0 Å². The largest absolute Gasteiger partial charge is 0.477 e. The van der Waals surface area contributed by atoms with Crippen molar-refractivity contribution in [1.29, 1.82) is 0 Å². The molecule has 0 saturated heterocycles. The molecule has 0 spiro atoms. The van der Waals surface area contributed by atoms with Gasteiger partial charge in [-0.15, -0.1) is 0 Å². The predicted molar refractivity (Wildman–Crippen MR) is 80.3 cm³/mol. The number of benzene rings is 2. The maximum absolute atomic E-state index is 10.8. The summed E-state index contributed by atoms with van der Waals surface area (Å²) in [6.07, 6.45) is 1.37. The number of rotatable bonds is 4. The molecule has 0 aliphatic rings. The van der Waals surface area contributed by atoms with Crippen LogP contribution in [-0.4, -0.2) is 16.1 Å². The number of hydrogen-bond donors (Lipinski definition) is 2. The summed E-state index contributed by atoms with van der Waals surface area (Å²) >= 11 is 1.14. The van der Waals surface area contributed by atoms with Crippen LogP contribution >= 0.6 is 11.3 Å². The van der Waals surface area contributed by atoms with Crippen LogP contribution in [0.3, 0.4) is 0 Å².